The lowest BCUT2D eigenvalue weighted by Gasteiger charge is -2.37. The van der Waals surface area contributed by atoms with Crippen LogP contribution in [0.2, 0.25) is 0 Å². The van der Waals surface area contributed by atoms with Gasteiger partial charge in [0.2, 0.25) is 27.7 Å². The number of nitrogens with zero attached hydrogens (tertiary/aromatic N) is 2. The molecule has 1 aromatic carbocycles. The second-order valence-electron chi connectivity index (χ2n) is 18.5. The van der Waals surface area contributed by atoms with Gasteiger partial charge in [0.25, 0.3) is 0 Å². The van der Waals surface area contributed by atoms with E-state index in [2.05, 4.69) is 37.1 Å². The highest BCUT2D eigenvalue weighted by Crippen LogP contribution is 2.57. The first-order valence-corrected chi connectivity index (χ1v) is 22.2. The first kappa shape index (κ1) is 42.8. The quantitative estimate of drug-likeness (QED) is 0.176. The molecule has 3 saturated carbocycles. The Labute approximate surface area is 337 Å². The molecule has 6 rings (SSSR count). The maximum atomic E-state index is 14.8. The number of hydrogen-bond donors (Lipinski definition) is 1. The molecule has 4 fully saturated rings. The Kier molecular flexibility index (Phi) is 12.6. The van der Waals surface area contributed by atoms with E-state index in [1.807, 2.05) is 39.0 Å². The fourth-order valence-electron chi connectivity index (χ4n) is 9.00. The molecule has 0 radical (unpaired) electrons. The number of fused-ring (bicyclic) bond motifs is 1. The van der Waals surface area contributed by atoms with Crippen molar-refractivity contribution in [3.8, 4) is 11.6 Å². The van der Waals surface area contributed by atoms with Crippen LogP contribution in [0, 0.1) is 40.4 Å². The molecular weight excluding hydrogens is 747 g/mol. The molecule has 2 aromatic rings. The smallest absolute Gasteiger partial charge is 0.240 e. The second kappa shape index (κ2) is 16.8. The highest BCUT2D eigenvalue weighted by atomic mass is 32.2. The lowest BCUT2D eigenvalue weighted by Crippen LogP contribution is -2.48. The molecule has 1 saturated heterocycles. The SMILES string of the molecule is C=C[C@@H]1C[C@]1(CC(=O)[C@@H]1C[C@@H](Oc2nccc3cc(OC)ccc23)CN1C(=O)[C@@H](CC(=O)CO[C@@H]1C[C@H](C)CC[C@H]1C(C)C)C(C)(C)C)C(=O)NS(=O)(=O)C1CC1. The number of ether oxygens (including phenoxy) is 3. The number of sulfonamides is 1. The third-order valence-electron chi connectivity index (χ3n) is 12.9. The monoisotopic (exact) mass is 807 g/mol. The third-order valence-corrected chi connectivity index (χ3v) is 14.7. The summed E-state index contributed by atoms with van der Waals surface area (Å²) in [5.41, 5.74) is -1.94. The van der Waals surface area contributed by atoms with Crippen LogP contribution in [0.5, 0.6) is 11.6 Å². The van der Waals surface area contributed by atoms with E-state index in [4.69, 9.17) is 14.2 Å². The molecule has 0 spiro atoms. The number of rotatable bonds is 17. The summed E-state index contributed by atoms with van der Waals surface area (Å²) in [5.74, 6) is -0.462. The number of carbonyl (C=O) groups is 4. The van der Waals surface area contributed by atoms with Crippen LogP contribution in [0.15, 0.2) is 43.1 Å². The van der Waals surface area contributed by atoms with Crippen molar-refractivity contribution in [3.05, 3.63) is 43.1 Å². The minimum absolute atomic E-state index is 0.0191. The lowest BCUT2D eigenvalue weighted by molar-refractivity contribution is -0.147. The Morgan fingerprint density at radius 1 is 1.09 bits per heavy atom. The summed E-state index contributed by atoms with van der Waals surface area (Å²) in [7, 11) is -2.27. The first-order chi connectivity index (χ1) is 26.9. The van der Waals surface area contributed by atoms with Crippen LogP contribution in [-0.2, 0) is 33.9 Å². The molecule has 1 N–H and O–H groups in total. The molecular formula is C44H61N3O9S. The summed E-state index contributed by atoms with van der Waals surface area (Å²) >= 11 is 0. The van der Waals surface area contributed by atoms with Crippen molar-refractivity contribution in [2.24, 2.45) is 40.4 Å². The summed E-state index contributed by atoms with van der Waals surface area (Å²) in [4.78, 5) is 62.7. The third kappa shape index (κ3) is 9.56. The molecule has 0 unspecified atom stereocenters. The number of pyridine rings is 1. The number of benzene rings is 1. The van der Waals surface area contributed by atoms with E-state index in [-0.39, 0.29) is 62.4 Å². The number of Topliss-reactive ketones (excluding diaryl/α,β-unsaturated/α-hetero) is 2. The second-order valence-corrected chi connectivity index (χ2v) is 20.5. The van der Waals surface area contributed by atoms with E-state index in [9.17, 15) is 27.6 Å². The van der Waals surface area contributed by atoms with Gasteiger partial charge in [0.15, 0.2) is 11.6 Å². The largest absolute Gasteiger partial charge is 0.497 e. The predicted molar refractivity (Wildman–Crippen MR) is 217 cm³/mol. The molecule has 2 amide bonds. The Morgan fingerprint density at radius 3 is 2.46 bits per heavy atom. The molecule has 1 aliphatic heterocycles. The Hall–Kier alpha value is -3.84. The standard InChI is InChI=1S/C44H61N3O9S/c1-9-29-22-44(29,42(51)46-57(52,53)33-12-13-33)23-38(49)37-21-32(56-40-35-15-11-31(54-8)19-28(35)16-17-45-40)24-47(37)41(50)36(43(5,6)7)20-30(48)25-55-39-18-27(4)10-14-34(39)26(2)3/h9,11,15-17,19,26-27,29,32-34,36-37,39H,1,10,12-14,18,20-25H2,2-8H3,(H,46,51)/t27-,29-,32-,34+,36-,37+,39-,44-/m1/s1. The van der Waals surface area contributed by atoms with Gasteiger partial charge in [-0.1, -0.05) is 54.0 Å². The summed E-state index contributed by atoms with van der Waals surface area (Å²) in [6.45, 7) is 16.1. The number of allylic oxidation sites excluding steroid dienone is 1. The Bertz CT molecular complexity index is 1970. The van der Waals surface area contributed by atoms with E-state index in [1.54, 1.807) is 25.4 Å². The van der Waals surface area contributed by atoms with E-state index in [1.165, 1.54) is 4.90 Å². The number of amides is 2. The van der Waals surface area contributed by atoms with Crippen LogP contribution in [0.1, 0.15) is 99.3 Å². The average Bonchev–Trinajstić information content (AvgIpc) is 4.08. The van der Waals surface area contributed by atoms with Gasteiger partial charge in [0, 0.05) is 36.8 Å². The summed E-state index contributed by atoms with van der Waals surface area (Å²) in [5, 5.41) is 0.965. The van der Waals surface area contributed by atoms with Crippen molar-refractivity contribution in [2.75, 3.05) is 20.3 Å². The number of likely N-dealkylation sites (tertiary alicyclic amines) is 1. The molecule has 1 aromatic heterocycles. The number of ketones is 2. The van der Waals surface area contributed by atoms with Crippen molar-refractivity contribution in [1.82, 2.24) is 14.6 Å². The van der Waals surface area contributed by atoms with Crippen molar-refractivity contribution in [3.63, 3.8) is 0 Å². The summed E-state index contributed by atoms with van der Waals surface area (Å²) in [6.07, 6.45) is 6.69. The number of nitrogens with one attached hydrogen (secondary N) is 1. The van der Waals surface area contributed by atoms with Gasteiger partial charge in [-0.3, -0.25) is 23.9 Å². The topological polar surface area (TPSA) is 158 Å². The average molecular weight is 808 g/mol. The highest BCUT2D eigenvalue weighted by molar-refractivity contribution is 7.90. The zero-order chi connectivity index (χ0) is 41.4. The molecule has 0 bridgehead atoms. The molecule has 312 valence electrons. The molecule has 12 nitrogen and oxygen atoms in total. The van der Waals surface area contributed by atoms with Gasteiger partial charge in [-0.15, -0.1) is 6.58 Å². The summed E-state index contributed by atoms with van der Waals surface area (Å²) < 4.78 is 46.0. The van der Waals surface area contributed by atoms with Crippen LogP contribution < -0.4 is 14.2 Å². The Balaban J connectivity index is 1.24. The fourth-order valence-corrected chi connectivity index (χ4v) is 10.4. The van der Waals surface area contributed by atoms with Gasteiger partial charge in [0.1, 0.15) is 18.5 Å². The van der Waals surface area contributed by atoms with Gasteiger partial charge in [-0.05, 0) is 90.8 Å². The van der Waals surface area contributed by atoms with Crippen LogP contribution in [-0.4, -0.2) is 85.4 Å². The van der Waals surface area contributed by atoms with Crippen molar-refractivity contribution >= 4 is 44.2 Å². The van der Waals surface area contributed by atoms with Gasteiger partial charge in [-0.2, -0.15) is 0 Å². The van der Waals surface area contributed by atoms with Gasteiger partial charge in [-0.25, -0.2) is 13.4 Å². The number of hydrogen-bond acceptors (Lipinski definition) is 10. The predicted octanol–water partition coefficient (Wildman–Crippen LogP) is 6.45. The van der Waals surface area contributed by atoms with Gasteiger partial charge < -0.3 is 19.1 Å². The van der Waals surface area contributed by atoms with Crippen molar-refractivity contribution < 1.29 is 41.8 Å². The molecule has 13 heteroatoms. The normalized spacial score (nSPS) is 28.2. The van der Waals surface area contributed by atoms with E-state index in [0.717, 1.165) is 30.0 Å². The molecule has 57 heavy (non-hydrogen) atoms. The lowest BCUT2D eigenvalue weighted by atomic mass is 9.75. The minimum atomic E-state index is -3.85. The number of methoxy groups -OCH3 is 1. The van der Waals surface area contributed by atoms with Crippen molar-refractivity contribution in [1.29, 1.82) is 0 Å². The zero-order valence-corrected chi connectivity index (χ0v) is 35.4. The van der Waals surface area contributed by atoms with Gasteiger partial charge in [0.05, 0.1) is 36.5 Å². The number of carbonyl (C=O) groups excluding carboxylic acids is 4. The molecule has 8 atom stereocenters. The first-order valence-electron chi connectivity index (χ1n) is 20.6. The molecule has 2 heterocycles. The van der Waals surface area contributed by atoms with Gasteiger partial charge >= 0.3 is 0 Å². The van der Waals surface area contributed by atoms with Crippen LogP contribution >= 0.6 is 0 Å². The van der Waals surface area contributed by atoms with Crippen LogP contribution in [0.3, 0.4) is 0 Å². The fraction of sp³-hybridized carbons (Fsp3) is 0.659. The highest BCUT2D eigenvalue weighted by Gasteiger charge is 2.61. The maximum absolute atomic E-state index is 14.8. The summed E-state index contributed by atoms with van der Waals surface area (Å²) in [6, 6.07) is 6.37. The van der Waals surface area contributed by atoms with E-state index in [0.29, 0.717) is 42.2 Å². The maximum Gasteiger partial charge on any atom is 0.240 e. The zero-order valence-electron chi connectivity index (χ0n) is 34.6. The van der Waals surface area contributed by atoms with Crippen molar-refractivity contribution in [2.45, 2.75) is 123 Å². The minimum Gasteiger partial charge on any atom is -0.497 e. The molecule has 4 aliphatic rings. The van der Waals surface area contributed by atoms with Crippen LogP contribution in [0.4, 0.5) is 0 Å². The molecule has 3 aliphatic carbocycles. The van der Waals surface area contributed by atoms with E-state index >= 15 is 0 Å². The van der Waals surface area contributed by atoms with E-state index < -0.39 is 56.0 Å². The number of aromatic nitrogens is 1. The van der Waals surface area contributed by atoms with Crippen LogP contribution in [0.25, 0.3) is 10.8 Å². The Morgan fingerprint density at radius 2 is 1.82 bits per heavy atom.